The molecule has 2 heterocycles. The summed E-state index contributed by atoms with van der Waals surface area (Å²) in [6, 6.07) is 5.79. The largest absolute Gasteiger partial charge is 0.467 e. The molecule has 0 radical (unpaired) electrons. The number of rotatable bonds is 2. The Balaban J connectivity index is 2.18. The molecule has 3 rings (SSSR count). The van der Waals surface area contributed by atoms with Crippen molar-refractivity contribution in [2.24, 2.45) is 0 Å². The number of halogens is 3. The molecule has 0 amide bonds. The van der Waals surface area contributed by atoms with Gasteiger partial charge in [-0.3, -0.25) is 9.36 Å². The molecule has 0 atom stereocenters. The van der Waals surface area contributed by atoms with E-state index in [1.54, 1.807) is 12.1 Å². The minimum Gasteiger partial charge on any atom is -0.467 e. The second-order valence-corrected chi connectivity index (χ2v) is 4.66. The molecule has 22 heavy (non-hydrogen) atoms. The molecular weight excluding hydrogens is 301 g/mol. The third-order valence-corrected chi connectivity index (χ3v) is 3.20. The van der Waals surface area contributed by atoms with Gasteiger partial charge in [0.2, 0.25) is 0 Å². The SMILES string of the molecule is O=c1[nH]c2cc(C(F)(F)F)ccc2c(=O)n1Cc1ccco1. The van der Waals surface area contributed by atoms with Crippen molar-refractivity contribution >= 4 is 10.9 Å². The lowest BCUT2D eigenvalue weighted by Gasteiger charge is -2.09. The van der Waals surface area contributed by atoms with Crippen LogP contribution < -0.4 is 11.2 Å². The molecule has 0 spiro atoms. The smallest absolute Gasteiger partial charge is 0.416 e. The third-order valence-electron chi connectivity index (χ3n) is 3.20. The number of fused-ring (bicyclic) bond motifs is 1. The molecule has 0 unspecified atom stereocenters. The van der Waals surface area contributed by atoms with Crippen LogP contribution in [0.4, 0.5) is 13.2 Å². The zero-order valence-electron chi connectivity index (χ0n) is 11.0. The Hall–Kier alpha value is -2.77. The Morgan fingerprint density at radius 2 is 1.95 bits per heavy atom. The van der Waals surface area contributed by atoms with Gasteiger partial charge in [-0.2, -0.15) is 13.2 Å². The Morgan fingerprint density at radius 1 is 1.18 bits per heavy atom. The van der Waals surface area contributed by atoms with Crippen LogP contribution in [0.25, 0.3) is 10.9 Å². The number of benzene rings is 1. The van der Waals surface area contributed by atoms with Crippen LogP contribution in [0.15, 0.2) is 50.6 Å². The van der Waals surface area contributed by atoms with E-state index in [9.17, 15) is 22.8 Å². The second-order valence-electron chi connectivity index (χ2n) is 4.66. The molecule has 0 fully saturated rings. The van der Waals surface area contributed by atoms with Crippen LogP contribution in [-0.4, -0.2) is 9.55 Å². The van der Waals surface area contributed by atoms with Gasteiger partial charge in [-0.25, -0.2) is 4.79 Å². The predicted molar refractivity (Wildman–Crippen MR) is 71.6 cm³/mol. The Labute approximate surface area is 120 Å². The maximum atomic E-state index is 12.7. The zero-order chi connectivity index (χ0) is 15.9. The van der Waals surface area contributed by atoms with E-state index in [-0.39, 0.29) is 17.4 Å². The van der Waals surface area contributed by atoms with Gasteiger partial charge >= 0.3 is 11.9 Å². The van der Waals surface area contributed by atoms with E-state index in [4.69, 9.17) is 4.42 Å². The van der Waals surface area contributed by atoms with E-state index in [0.717, 1.165) is 22.8 Å². The average Bonchev–Trinajstić information content (AvgIpc) is 2.95. The van der Waals surface area contributed by atoms with Crippen LogP contribution in [0.5, 0.6) is 0 Å². The van der Waals surface area contributed by atoms with Crippen molar-refractivity contribution in [3.05, 3.63) is 68.8 Å². The van der Waals surface area contributed by atoms with Crippen molar-refractivity contribution in [2.45, 2.75) is 12.7 Å². The molecule has 8 heteroatoms. The molecule has 1 aromatic carbocycles. The highest BCUT2D eigenvalue weighted by atomic mass is 19.4. The fourth-order valence-corrected chi connectivity index (χ4v) is 2.13. The van der Waals surface area contributed by atoms with Crippen molar-refractivity contribution in [1.82, 2.24) is 9.55 Å². The summed E-state index contributed by atoms with van der Waals surface area (Å²) in [5, 5.41) is -0.000781. The van der Waals surface area contributed by atoms with Crippen molar-refractivity contribution in [1.29, 1.82) is 0 Å². The molecule has 2 aromatic heterocycles. The van der Waals surface area contributed by atoms with Gasteiger partial charge in [0, 0.05) is 0 Å². The third kappa shape index (κ3) is 2.43. The fourth-order valence-electron chi connectivity index (χ4n) is 2.13. The zero-order valence-corrected chi connectivity index (χ0v) is 11.0. The lowest BCUT2D eigenvalue weighted by molar-refractivity contribution is -0.137. The summed E-state index contributed by atoms with van der Waals surface area (Å²) in [4.78, 5) is 26.5. The van der Waals surface area contributed by atoms with Gasteiger partial charge < -0.3 is 9.40 Å². The van der Waals surface area contributed by atoms with Crippen LogP contribution in [0.2, 0.25) is 0 Å². The first-order valence-electron chi connectivity index (χ1n) is 6.23. The van der Waals surface area contributed by atoms with Crippen LogP contribution in [0, 0.1) is 0 Å². The first-order chi connectivity index (χ1) is 10.4. The summed E-state index contributed by atoms with van der Waals surface area (Å²) in [6.45, 7) is -0.0991. The van der Waals surface area contributed by atoms with Crippen LogP contribution in [0.3, 0.4) is 0 Å². The van der Waals surface area contributed by atoms with Gasteiger partial charge in [0.1, 0.15) is 5.76 Å². The molecule has 0 aliphatic carbocycles. The quantitative estimate of drug-likeness (QED) is 0.790. The number of H-pyrrole nitrogens is 1. The van der Waals surface area contributed by atoms with Gasteiger partial charge in [0.05, 0.1) is 29.3 Å². The van der Waals surface area contributed by atoms with Crippen molar-refractivity contribution < 1.29 is 17.6 Å². The summed E-state index contributed by atoms with van der Waals surface area (Å²) in [5.41, 5.74) is -2.56. The summed E-state index contributed by atoms with van der Waals surface area (Å²) in [6.07, 6.45) is -3.15. The number of aromatic nitrogens is 2. The van der Waals surface area contributed by atoms with Gasteiger partial charge in [-0.05, 0) is 30.3 Å². The number of hydrogen-bond donors (Lipinski definition) is 1. The van der Waals surface area contributed by atoms with E-state index >= 15 is 0 Å². The summed E-state index contributed by atoms with van der Waals surface area (Å²) in [5.74, 6) is 0.388. The van der Waals surface area contributed by atoms with Gasteiger partial charge in [-0.15, -0.1) is 0 Å². The Morgan fingerprint density at radius 3 is 2.59 bits per heavy atom. The number of alkyl halides is 3. The monoisotopic (exact) mass is 310 g/mol. The first kappa shape index (κ1) is 14.2. The van der Waals surface area contributed by atoms with E-state index in [1.165, 1.54) is 6.26 Å². The predicted octanol–water partition coefficient (Wildman–Crippen LogP) is 2.35. The number of aromatic amines is 1. The van der Waals surface area contributed by atoms with Crippen molar-refractivity contribution in [3.63, 3.8) is 0 Å². The topological polar surface area (TPSA) is 68.0 Å². The lowest BCUT2D eigenvalue weighted by Crippen LogP contribution is -2.35. The highest BCUT2D eigenvalue weighted by Crippen LogP contribution is 2.30. The highest BCUT2D eigenvalue weighted by Gasteiger charge is 2.30. The summed E-state index contributed by atoms with van der Waals surface area (Å²) in [7, 11) is 0. The molecular formula is C14H9F3N2O3. The lowest BCUT2D eigenvalue weighted by atomic mass is 10.1. The summed E-state index contributed by atoms with van der Waals surface area (Å²) >= 11 is 0. The van der Waals surface area contributed by atoms with E-state index in [2.05, 4.69) is 4.98 Å². The van der Waals surface area contributed by atoms with Gasteiger partial charge in [-0.1, -0.05) is 0 Å². The second kappa shape index (κ2) is 4.90. The number of nitrogens with zero attached hydrogens (tertiary/aromatic N) is 1. The van der Waals surface area contributed by atoms with E-state index in [1.807, 2.05) is 0 Å². The normalized spacial score (nSPS) is 12.0. The molecule has 0 bridgehead atoms. The maximum absolute atomic E-state index is 12.7. The van der Waals surface area contributed by atoms with Crippen molar-refractivity contribution in [2.75, 3.05) is 0 Å². The fraction of sp³-hybridized carbons (Fsp3) is 0.143. The van der Waals surface area contributed by atoms with Gasteiger partial charge in [0.25, 0.3) is 5.56 Å². The number of furan rings is 1. The molecule has 114 valence electrons. The molecule has 1 N–H and O–H groups in total. The van der Waals surface area contributed by atoms with Crippen LogP contribution in [-0.2, 0) is 12.7 Å². The van der Waals surface area contributed by atoms with Gasteiger partial charge in [0.15, 0.2) is 0 Å². The minimum atomic E-state index is -4.55. The molecule has 5 nitrogen and oxygen atoms in total. The summed E-state index contributed by atoms with van der Waals surface area (Å²) < 4.78 is 43.9. The van der Waals surface area contributed by atoms with Crippen LogP contribution in [0.1, 0.15) is 11.3 Å². The molecule has 0 aliphatic heterocycles. The minimum absolute atomic E-state index is 0.000781. The molecule has 0 aliphatic rings. The van der Waals surface area contributed by atoms with Crippen LogP contribution >= 0.6 is 0 Å². The Kier molecular flexibility index (Phi) is 3.16. The number of hydrogen-bond acceptors (Lipinski definition) is 3. The van der Waals surface area contributed by atoms with Crippen molar-refractivity contribution in [3.8, 4) is 0 Å². The first-order valence-corrected chi connectivity index (χ1v) is 6.23. The van der Waals surface area contributed by atoms with E-state index in [0.29, 0.717) is 5.76 Å². The average molecular weight is 310 g/mol. The number of nitrogens with one attached hydrogen (secondary N) is 1. The van der Waals surface area contributed by atoms with E-state index < -0.39 is 23.0 Å². The highest BCUT2D eigenvalue weighted by molar-refractivity contribution is 5.78. The molecule has 0 saturated heterocycles. The maximum Gasteiger partial charge on any atom is 0.416 e. The standard InChI is InChI=1S/C14H9F3N2O3/c15-14(16,17)8-3-4-10-11(6-8)18-13(21)19(12(10)20)7-9-2-1-5-22-9/h1-6H,7H2,(H,18,21). The Bertz CT molecular complexity index is 937. The molecule has 3 aromatic rings. The molecule has 0 saturated carbocycles.